The predicted octanol–water partition coefficient (Wildman–Crippen LogP) is 3.16. The molecule has 2 atom stereocenters. The maximum atomic E-state index is 13.0. The highest BCUT2D eigenvalue weighted by molar-refractivity contribution is 5.82. The molecule has 5 nitrogen and oxygen atoms in total. The Morgan fingerprint density at radius 2 is 1.75 bits per heavy atom. The monoisotopic (exact) mass is 389 g/mol. The minimum absolute atomic E-state index is 0.0754. The van der Waals surface area contributed by atoms with Crippen LogP contribution in [0.4, 0.5) is 0 Å². The number of amides is 1. The molecule has 0 bridgehead atoms. The van der Waals surface area contributed by atoms with E-state index in [9.17, 15) is 9.90 Å². The molecule has 1 unspecified atom stereocenters. The number of carbonyl (C=O) groups excluding carboxylic acids is 1. The third-order valence-electron chi connectivity index (χ3n) is 5.30. The van der Waals surface area contributed by atoms with E-state index >= 15 is 0 Å². The summed E-state index contributed by atoms with van der Waals surface area (Å²) in [7, 11) is 0. The summed E-state index contributed by atoms with van der Waals surface area (Å²) in [5, 5.41) is 16.3. The zero-order valence-corrected chi connectivity index (χ0v) is 18.5. The van der Waals surface area contributed by atoms with Crippen molar-refractivity contribution >= 4 is 5.91 Å². The second-order valence-corrected chi connectivity index (χ2v) is 9.46. The van der Waals surface area contributed by atoms with E-state index in [2.05, 4.69) is 57.1 Å². The van der Waals surface area contributed by atoms with Gasteiger partial charge in [-0.2, -0.15) is 0 Å². The molecule has 0 radical (unpaired) electrons. The van der Waals surface area contributed by atoms with Crippen LogP contribution in [0.1, 0.15) is 52.7 Å². The van der Waals surface area contributed by atoms with Gasteiger partial charge in [0.2, 0.25) is 5.91 Å². The molecule has 0 aliphatic carbocycles. The van der Waals surface area contributed by atoms with E-state index in [1.807, 2.05) is 6.07 Å². The largest absolute Gasteiger partial charge is 0.508 e. The van der Waals surface area contributed by atoms with Crippen molar-refractivity contribution < 1.29 is 9.90 Å². The van der Waals surface area contributed by atoms with Crippen LogP contribution < -0.4 is 10.6 Å². The van der Waals surface area contributed by atoms with E-state index in [1.165, 1.54) is 0 Å². The first kappa shape index (κ1) is 22.7. The van der Waals surface area contributed by atoms with Gasteiger partial charge in [0, 0.05) is 32.2 Å². The van der Waals surface area contributed by atoms with Gasteiger partial charge in [0.05, 0.1) is 6.04 Å². The van der Waals surface area contributed by atoms with Crippen LogP contribution in [0.2, 0.25) is 0 Å². The molecule has 0 aromatic heterocycles. The topological polar surface area (TPSA) is 64.6 Å². The maximum absolute atomic E-state index is 13.0. The molecule has 5 heteroatoms. The molecule has 0 saturated heterocycles. The molecule has 1 aromatic carbocycles. The first-order valence-electron chi connectivity index (χ1n) is 10.7. The fourth-order valence-electron chi connectivity index (χ4n) is 3.93. The van der Waals surface area contributed by atoms with E-state index in [0.717, 1.165) is 30.8 Å². The van der Waals surface area contributed by atoms with Crippen molar-refractivity contribution in [3.05, 3.63) is 29.3 Å². The molecule has 1 amide bonds. The number of carbonyl (C=O) groups is 1. The summed E-state index contributed by atoms with van der Waals surface area (Å²) >= 11 is 0. The average Bonchev–Trinajstić information content (AvgIpc) is 2.59. The number of hydrogen-bond acceptors (Lipinski definition) is 4. The molecule has 0 saturated carbocycles. The second kappa shape index (κ2) is 10.3. The highest BCUT2D eigenvalue weighted by Gasteiger charge is 2.28. The van der Waals surface area contributed by atoms with Crippen molar-refractivity contribution in [2.24, 2.45) is 17.8 Å². The van der Waals surface area contributed by atoms with Gasteiger partial charge in [0.25, 0.3) is 0 Å². The van der Waals surface area contributed by atoms with E-state index in [1.54, 1.807) is 12.1 Å². The number of hydrogen-bond donors (Lipinski definition) is 3. The smallest absolute Gasteiger partial charge is 0.237 e. The number of benzene rings is 1. The Labute approximate surface area is 170 Å². The highest BCUT2D eigenvalue weighted by atomic mass is 16.3. The number of phenols is 1. The number of nitrogens with zero attached hydrogens (tertiary/aromatic N) is 1. The normalized spacial score (nSPS) is 18.0. The molecular formula is C23H39N3O2. The summed E-state index contributed by atoms with van der Waals surface area (Å²) in [6.45, 7) is 17.0. The van der Waals surface area contributed by atoms with Crippen molar-refractivity contribution in [3.8, 4) is 5.75 Å². The number of aromatic hydroxyl groups is 1. The van der Waals surface area contributed by atoms with Crippen molar-refractivity contribution in [1.82, 2.24) is 15.5 Å². The number of rotatable bonds is 9. The summed E-state index contributed by atoms with van der Waals surface area (Å²) < 4.78 is 0. The summed E-state index contributed by atoms with van der Waals surface area (Å²) in [6.07, 6.45) is 0.661. The molecular weight excluding hydrogens is 350 g/mol. The van der Waals surface area contributed by atoms with Crippen LogP contribution in [-0.2, 0) is 17.8 Å². The minimum Gasteiger partial charge on any atom is -0.508 e. The molecule has 2 rings (SSSR count). The predicted molar refractivity (Wildman–Crippen MR) is 115 cm³/mol. The van der Waals surface area contributed by atoms with Gasteiger partial charge in [-0.05, 0) is 47.4 Å². The number of fused-ring (bicyclic) bond motifs is 1. The van der Waals surface area contributed by atoms with Gasteiger partial charge in [-0.25, -0.2) is 0 Å². The van der Waals surface area contributed by atoms with Gasteiger partial charge in [-0.3, -0.25) is 4.79 Å². The van der Waals surface area contributed by atoms with Crippen molar-refractivity contribution in [2.45, 2.75) is 66.6 Å². The molecule has 158 valence electrons. The van der Waals surface area contributed by atoms with Gasteiger partial charge in [-0.15, -0.1) is 0 Å². The van der Waals surface area contributed by atoms with Crippen LogP contribution in [0.25, 0.3) is 0 Å². The fraction of sp³-hybridized carbons (Fsp3) is 0.696. The van der Waals surface area contributed by atoms with Gasteiger partial charge >= 0.3 is 0 Å². The molecule has 1 aliphatic rings. The molecule has 3 N–H and O–H groups in total. The minimum atomic E-state index is -0.220. The third kappa shape index (κ3) is 6.78. The third-order valence-corrected chi connectivity index (χ3v) is 5.30. The first-order valence-corrected chi connectivity index (χ1v) is 10.7. The Hall–Kier alpha value is -1.59. The van der Waals surface area contributed by atoms with Gasteiger partial charge in [-0.1, -0.05) is 47.6 Å². The SMILES string of the molecule is CC(C)CN(CC(C)C)C[C@@H](NC(=O)C1Cc2ccc(O)cc2CN1)C(C)C. The van der Waals surface area contributed by atoms with Crippen molar-refractivity contribution in [1.29, 1.82) is 0 Å². The molecule has 0 fully saturated rings. The van der Waals surface area contributed by atoms with Crippen LogP contribution >= 0.6 is 0 Å². The summed E-state index contributed by atoms with van der Waals surface area (Å²) in [5.41, 5.74) is 2.21. The number of nitrogens with one attached hydrogen (secondary N) is 2. The molecule has 1 aromatic rings. The van der Waals surface area contributed by atoms with Gasteiger partial charge in [0.15, 0.2) is 0 Å². The zero-order valence-electron chi connectivity index (χ0n) is 18.5. The van der Waals surface area contributed by atoms with E-state index < -0.39 is 0 Å². The molecule has 28 heavy (non-hydrogen) atoms. The van der Waals surface area contributed by atoms with E-state index in [0.29, 0.717) is 30.7 Å². The van der Waals surface area contributed by atoms with Gasteiger partial charge < -0.3 is 20.6 Å². The first-order chi connectivity index (χ1) is 13.2. The lowest BCUT2D eigenvalue weighted by Gasteiger charge is -2.34. The highest BCUT2D eigenvalue weighted by Crippen LogP contribution is 2.22. The summed E-state index contributed by atoms with van der Waals surface area (Å²) in [4.78, 5) is 15.5. The maximum Gasteiger partial charge on any atom is 0.237 e. The van der Waals surface area contributed by atoms with Crippen molar-refractivity contribution in [2.75, 3.05) is 19.6 Å². The van der Waals surface area contributed by atoms with Gasteiger partial charge in [0.1, 0.15) is 5.75 Å². The second-order valence-electron chi connectivity index (χ2n) is 9.46. The van der Waals surface area contributed by atoms with Crippen LogP contribution in [0.15, 0.2) is 18.2 Å². The Balaban J connectivity index is 2.00. The summed E-state index contributed by atoms with van der Waals surface area (Å²) in [6, 6.07) is 5.32. The molecule has 1 heterocycles. The standard InChI is InChI=1S/C23H39N3O2/c1-15(2)12-26(13-16(3)4)14-22(17(5)6)25-23(28)21-10-18-7-8-20(27)9-19(18)11-24-21/h7-9,15-17,21-22,24,27H,10-14H2,1-6H3,(H,25,28)/t21?,22-/m1/s1. The zero-order chi connectivity index (χ0) is 20.8. The van der Waals surface area contributed by atoms with Crippen LogP contribution in [0, 0.1) is 17.8 Å². The Bertz CT molecular complexity index is 633. The lowest BCUT2D eigenvalue weighted by molar-refractivity contribution is -0.124. The molecule has 1 aliphatic heterocycles. The Kier molecular flexibility index (Phi) is 8.32. The van der Waals surface area contributed by atoms with Crippen LogP contribution in [0.5, 0.6) is 5.75 Å². The summed E-state index contributed by atoms with van der Waals surface area (Å²) in [5.74, 6) is 1.94. The number of phenolic OH excluding ortho intramolecular Hbond substituents is 1. The van der Waals surface area contributed by atoms with E-state index in [-0.39, 0.29) is 23.7 Å². The lowest BCUT2D eigenvalue weighted by Crippen LogP contribution is -2.54. The average molecular weight is 390 g/mol. The Morgan fingerprint density at radius 1 is 1.11 bits per heavy atom. The molecule has 0 spiro atoms. The lowest BCUT2D eigenvalue weighted by atomic mass is 9.94. The van der Waals surface area contributed by atoms with E-state index in [4.69, 9.17) is 0 Å². The fourth-order valence-corrected chi connectivity index (χ4v) is 3.93. The van der Waals surface area contributed by atoms with Crippen molar-refractivity contribution in [3.63, 3.8) is 0 Å². The van der Waals surface area contributed by atoms with Crippen LogP contribution in [-0.4, -0.2) is 47.6 Å². The Morgan fingerprint density at radius 3 is 2.32 bits per heavy atom. The quantitative estimate of drug-likeness (QED) is 0.607. The van der Waals surface area contributed by atoms with Crippen LogP contribution in [0.3, 0.4) is 0 Å².